The monoisotopic (exact) mass is 411 g/mol. The lowest BCUT2D eigenvalue weighted by Gasteiger charge is -2.24. The average Bonchev–Trinajstić information content (AvgIpc) is 2.77. The first kappa shape index (κ1) is 20.3. The standard InChI is InChI=1S/C21H21N3O4S/c1-28-19-11-9-18(10-12-19)24(29(26,27)20-8-5-13-22-15-20)16-21(25)23-14-17-6-3-2-4-7-17/h2-13,15H,14,16H2,1H3,(H,23,25). The van der Waals surface area contributed by atoms with Gasteiger partial charge in [-0.15, -0.1) is 0 Å². The highest BCUT2D eigenvalue weighted by Crippen LogP contribution is 2.25. The lowest BCUT2D eigenvalue weighted by molar-refractivity contribution is -0.119. The van der Waals surface area contributed by atoms with Crippen molar-refractivity contribution in [3.63, 3.8) is 0 Å². The normalized spacial score (nSPS) is 10.9. The first-order chi connectivity index (χ1) is 14.0. The molecule has 0 unspecified atom stereocenters. The van der Waals surface area contributed by atoms with Gasteiger partial charge in [-0.1, -0.05) is 30.3 Å². The van der Waals surface area contributed by atoms with Crippen LogP contribution in [0, 0.1) is 0 Å². The van der Waals surface area contributed by atoms with Crippen LogP contribution >= 0.6 is 0 Å². The molecule has 1 amide bonds. The van der Waals surface area contributed by atoms with Gasteiger partial charge in [-0.3, -0.25) is 14.1 Å². The van der Waals surface area contributed by atoms with E-state index in [0.717, 1.165) is 9.87 Å². The predicted molar refractivity (Wildman–Crippen MR) is 110 cm³/mol. The van der Waals surface area contributed by atoms with E-state index in [1.54, 1.807) is 24.3 Å². The number of ether oxygens (including phenoxy) is 1. The van der Waals surface area contributed by atoms with Gasteiger partial charge >= 0.3 is 0 Å². The molecule has 1 heterocycles. The van der Waals surface area contributed by atoms with E-state index in [2.05, 4.69) is 10.3 Å². The molecule has 8 heteroatoms. The summed E-state index contributed by atoms with van der Waals surface area (Å²) >= 11 is 0. The molecule has 0 atom stereocenters. The Bertz CT molecular complexity index is 1040. The van der Waals surface area contributed by atoms with Crippen LogP contribution in [0.3, 0.4) is 0 Å². The summed E-state index contributed by atoms with van der Waals surface area (Å²) in [6.07, 6.45) is 2.75. The molecule has 1 N–H and O–H groups in total. The molecular formula is C21H21N3O4S. The van der Waals surface area contributed by atoms with Crippen molar-refractivity contribution in [3.05, 3.63) is 84.7 Å². The van der Waals surface area contributed by atoms with Crippen LogP contribution in [0.25, 0.3) is 0 Å². The maximum Gasteiger partial charge on any atom is 0.266 e. The fourth-order valence-electron chi connectivity index (χ4n) is 2.67. The molecule has 2 aromatic carbocycles. The zero-order valence-corrected chi connectivity index (χ0v) is 16.7. The second-order valence-corrected chi connectivity index (χ2v) is 8.02. The van der Waals surface area contributed by atoms with Crippen LogP contribution in [0.4, 0.5) is 5.69 Å². The van der Waals surface area contributed by atoms with Gasteiger partial charge in [0.05, 0.1) is 12.8 Å². The lowest BCUT2D eigenvalue weighted by Crippen LogP contribution is -2.40. The minimum atomic E-state index is -3.98. The number of hydrogen-bond acceptors (Lipinski definition) is 5. The zero-order valence-electron chi connectivity index (χ0n) is 15.9. The molecule has 0 aliphatic carbocycles. The fourth-order valence-corrected chi connectivity index (χ4v) is 4.06. The Hall–Kier alpha value is -3.39. The van der Waals surface area contributed by atoms with Crippen LogP contribution in [0.1, 0.15) is 5.56 Å². The molecule has 0 saturated heterocycles. The van der Waals surface area contributed by atoms with E-state index >= 15 is 0 Å². The molecular weight excluding hydrogens is 390 g/mol. The largest absolute Gasteiger partial charge is 0.497 e. The van der Waals surface area contributed by atoms with E-state index in [0.29, 0.717) is 18.0 Å². The van der Waals surface area contributed by atoms with E-state index < -0.39 is 15.9 Å². The topological polar surface area (TPSA) is 88.6 Å². The highest BCUT2D eigenvalue weighted by Gasteiger charge is 2.27. The number of sulfonamides is 1. The number of benzene rings is 2. The Morgan fingerprint density at radius 1 is 1.03 bits per heavy atom. The Kier molecular flexibility index (Phi) is 6.46. The lowest BCUT2D eigenvalue weighted by atomic mass is 10.2. The number of carbonyl (C=O) groups excluding carboxylic acids is 1. The molecule has 0 bridgehead atoms. The molecule has 150 valence electrons. The quantitative estimate of drug-likeness (QED) is 0.616. The Balaban J connectivity index is 1.85. The molecule has 0 radical (unpaired) electrons. The predicted octanol–water partition coefficient (Wildman–Crippen LogP) is 2.60. The van der Waals surface area contributed by atoms with Crippen LogP contribution in [0.15, 0.2) is 84.0 Å². The Morgan fingerprint density at radius 3 is 2.38 bits per heavy atom. The van der Waals surface area contributed by atoms with Gasteiger partial charge in [0.1, 0.15) is 17.2 Å². The molecule has 3 aromatic rings. The zero-order chi connectivity index (χ0) is 20.7. The van der Waals surface area contributed by atoms with Crippen LogP contribution in [0.2, 0.25) is 0 Å². The highest BCUT2D eigenvalue weighted by atomic mass is 32.2. The third kappa shape index (κ3) is 5.11. The van der Waals surface area contributed by atoms with E-state index in [1.807, 2.05) is 30.3 Å². The number of nitrogens with zero attached hydrogens (tertiary/aromatic N) is 2. The summed E-state index contributed by atoms with van der Waals surface area (Å²) in [5.41, 5.74) is 1.27. The molecule has 0 spiro atoms. The second-order valence-electron chi connectivity index (χ2n) is 6.16. The number of methoxy groups -OCH3 is 1. The van der Waals surface area contributed by atoms with Gasteiger partial charge in [0, 0.05) is 18.9 Å². The summed E-state index contributed by atoms with van der Waals surface area (Å²) in [4.78, 5) is 16.4. The van der Waals surface area contributed by atoms with Crippen molar-refractivity contribution in [2.75, 3.05) is 18.0 Å². The van der Waals surface area contributed by atoms with Crippen LogP contribution in [0.5, 0.6) is 5.75 Å². The number of hydrogen-bond donors (Lipinski definition) is 1. The minimum absolute atomic E-state index is 0.00618. The van der Waals surface area contributed by atoms with Crippen LogP contribution < -0.4 is 14.4 Å². The number of carbonyl (C=O) groups is 1. The van der Waals surface area contributed by atoms with E-state index in [9.17, 15) is 13.2 Å². The third-order valence-corrected chi connectivity index (χ3v) is 5.96. The van der Waals surface area contributed by atoms with Gasteiger partial charge < -0.3 is 10.1 Å². The van der Waals surface area contributed by atoms with Gasteiger partial charge in [0.25, 0.3) is 10.0 Å². The average molecular weight is 411 g/mol. The van der Waals surface area contributed by atoms with Crippen molar-refractivity contribution in [2.24, 2.45) is 0 Å². The second kappa shape index (κ2) is 9.20. The van der Waals surface area contributed by atoms with Crippen molar-refractivity contribution in [1.29, 1.82) is 0 Å². The van der Waals surface area contributed by atoms with Crippen molar-refractivity contribution in [3.8, 4) is 5.75 Å². The number of anilines is 1. The molecule has 0 saturated carbocycles. The maximum atomic E-state index is 13.2. The van der Waals surface area contributed by atoms with Gasteiger partial charge in [0.15, 0.2) is 0 Å². The van der Waals surface area contributed by atoms with Gasteiger partial charge in [0.2, 0.25) is 5.91 Å². The smallest absolute Gasteiger partial charge is 0.266 e. The number of nitrogens with one attached hydrogen (secondary N) is 1. The number of amides is 1. The number of rotatable bonds is 8. The van der Waals surface area contributed by atoms with Gasteiger partial charge in [-0.05, 0) is 42.0 Å². The molecule has 1 aromatic heterocycles. The van der Waals surface area contributed by atoms with Crippen molar-refractivity contribution < 1.29 is 17.9 Å². The Labute approximate surface area is 170 Å². The van der Waals surface area contributed by atoms with E-state index in [1.165, 1.54) is 31.6 Å². The van der Waals surface area contributed by atoms with E-state index in [4.69, 9.17) is 4.74 Å². The summed E-state index contributed by atoms with van der Waals surface area (Å²) in [5, 5.41) is 2.76. The maximum absolute atomic E-state index is 13.2. The molecule has 0 fully saturated rings. The molecule has 7 nitrogen and oxygen atoms in total. The summed E-state index contributed by atoms with van der Waals surface area (Å²) in [7, 11) is -2.46. The third-order valence-electron chi connectivity index (χ3n) is 4.20. The van der Waals surface area contributed by atoms with E-state index in [-0.39, 0.29) is 11.4 Å². The van der Waals surface area contributed by atoms with Crippen LogP contribution in [-0.2, 0) is 21.4 Å². The van der Waals surface area contributed by atoms with Crippen LogP contribution in [-0.4, -0.2) is 33.0 Å². The minimum Gasteiger partial charge on any atom is -0.497 e. The summed E-state index contributed by atoms with van der Waals surface area (Å²) < 4.78 is 32.5. The molecule has 0 aliphatic rings. The summed E-state index contributed by atoms with van der Waals surface area (Å²) in [6.45, 7) is -0.0561. The number of pyridine rings is 1. The summed E-state index contributed by atoms with van der Waals surface area (Å²) in [5.74, 6) is 0.165. The fraction of sp³-hybridized carbons (Fsp3) is 0.143. The van der Waals surface area contributed by atoms with Crippen molar-refractivity contribution in [2.45, 2.75) is 11.4 Å². The molecule has 3 rings (SSSR count). The Morgan fingerprint density at radius 2 is 1.76 bits per heavy atom. The van der Waals surface area contributed by atoms with Crippen molar-refractivity contribution in [1.82, 2.24) is 10.3 Å². The number of aromatic nitrogens is 1. The van der Waals surface area contributed by atoms with Gasteiger partial charge in [-0.2, -0.15) is 0 Å². The van der Waals surface area contributed by atoms with Gasteiger partial charge in [-0.25, -0.2) is 8.42 Å². The molecule has 29 heavy (non-hydrogen) atoms. The molecule has 0 aliphatic heterocycles. The SMILES string of the molecule is COc1ccc(N(CC(=O)NCc2ccccc2)S(=O)(=O)c2cccnc2)cc1. The highest BCUT2D eigenvalue weighted by molar-refractivity contribution is 7.92. The first-order valence-electron chi connectivity index (χ1n) is 8.88. The first-order valence-corrected chi connectivity index (χ1v) is 10.3. The van der Waals surface area contributed by atoms with Crippen molar-refractivity contribution >= 4 is 21.6 Å². The summed E-state index contributed by atoms with van der Waals surface area (Å²) in [6, 6.07) is 18.9.